The molecule has 0 heterocycles. The van der Waals surface area contributed by atoms with Gasteiger partial charge in [-0.05, 0) is 24.3 Å². The average molecular weight is 221 g/mol. The van der Waals surface area contributed by atoms with Gasteiger partial charge in [0.25, 0.3) is 0 Å². The van der Waals surface area contributed by atoms with Crippen LogP contribution < -0.4 is 0 Å². The molecule has 0 radical (unpaired) electrons. The molecule has 0 aliphatic carbocycles. The molecule has 0 unspecified atom stereocenters. The number of halogens is 2. The third-order valence-electron chi connectivity index (χ3n) is 1.71. The van der Waals surface area contributed by atoms with E-state index in [2.05, 4.69) is 6.92 Å². The van der Waals surface area contributed by atoms with Gasteiger partial charge in [-0.2, -0.15) is 0 Å². The van der Waals surface area contributed by atoms with Crippen molar-refractivity contribution >= 4 is 35.0 Å². The van der Waals surface area contributed by atoms with E-state index in [9.17, 15) is 0 Å². The molecule has 0 bridgehead atoms. The Kier molecular flexibility index (Phi) is 3.76. The molecule has 0 aromatic heterocycles. The Morgan fingerprint density at radius 2 is 2.00 bits per heavy atom. The Morgan fingerprint density at radius 1 is 1.33 bits per heavy atom. The van der Waals surface area contributed by atoms with Crippen molar-refractivity contribution < 1.29 is 0 Å². The fraction of sp³-hybridized carbons (Fsp3) is 0.333. The van der Waals surface area contributed by atoms with Gasteiger partial charge in [0.2, 0.25) is 0 Å². The van der Waals surface area contributed by atoms with Crippen LogP contribution >= 0.6 is 35.0 Å². The van der Waals surface area contributed by atoms with Crippen molar-refractivity contribution in [3.63, 3.8) is 0 Å². The SMILES string of the molecule is CCc1ccc(Cl)c(SC)c1Cl. The van der Waals surface area contributed by atoms with Gasteiger partial charge in [0.05, 0.1) is 10.0 Å². The van der Waals surface area contributed by atoms with Crippen LogP contribution in [0.1, 0.15) is 12.5 Å². The van der Waals surface area contributed by atoms with Crippen molar-refractivity contribution in [3.8, 4) is 0 Å². The van der Waals surface area contributed by atoms with E-state index in [-0.39, 0.29) is 0 Å². The highest BCUT2D eigenvalue weighted by atomic mass is 35.5. The van der Waals surface area contributed by atoms with E-state index in [1.165, 1.54) is 0 Å². The molecule has 0 atom stereocenters. The summed E-state index contributed by atoms with van der Waals surface area (Å²) in [5.41, 5.74) is 1.16. The lowest BCUT2D eigenvalue weighted by molar-refractivity contribution is 1.12. The van der Waals surface area contributed by atoms with Crippen LogP contribution in [-0.4, -0.2) is 6.26 Å². The Balaban J connectivity index is 3.24. The Morgan fingerprint density at radius 3 is 2.50 bits per heavy atom. The number of thioether (sulfide) groups is 1. The van der Waals surface area contributed by atoms with Gasteiger partial charge in [0, 0.05) is 4.90 Å². The second-order valence-electron chi connectivity index (χ2n) is 2.41. The standard InChI is InChI=1S/C9H10Cl2S/c1-3-6-4-5-7(10)9(12-2)8(6)11/h4-5H,3H2,1-2H3. The van der Waals surface area contributed by atoms with Crippen molar-refractivity contribution in [1.29, 1.82) is 0 Å². The summed E-state index contributed by atoms with van der Waals surface area (Å²) in [4.78, 5) is 0.984. The third kappa shape index (κ3) is 1.90. The predicted octanol–water partition coefficient (Wildman–Crippen LogP) is 4.28. The Hall–Kier alpha value is 0.150. The van der Waals surface area contributed by atoms with Gasteiger partial charge in [-0.25, -0.2) is 0 Å². The van der Waals surface area contributed by atoms with Crippen molar-refractivity contribution in [1.82, 2.24) is 0 Å². The van der Waals surface area contributed by atoms with Gasteiger partial charge in [-0.3, -0.25) is 0 Å². The molecule has 0 fully saturated rings. The number of benzene rings is 1. The van der Waals surface area contributed by atoms with Crippen molar-refractivity contribution in [2.24, 2.45) is 0 Å². The fourth-order valence-electron chi connectivity index (χ4n) is 1.03. The molecule has 0 nitrogen and oxygen atoms in total. The van der Waals surface area contributed by atoms with E-state index in [4.69, 9.17) is 23.2 Å². The van der Waals surface area contributed by atoms with Gasteiger partial charge >= 0.3 is 0 Å². The van der Waals surface area contributed by atoms with Crippen molar-refractivity contribution in [3.05, 3.63) is 27.7 Å². The third-order valence-corrected chi connectivity index (χ3v) is 3.52. The summed E-state index contributed by atoms with van der Waals surface area (Å²) >= 11 is 13.7. The smallest absolute Gasteiger partial charge is 0.0588 e. The summed E-state index contributed by atoms with van der Waals surface area (Å²) in [6, 6.07) is 3.88. The number of hydrogen-bond donors (Lipinski definition) is 0. The van der Waals surface area contributed by atoms with Crippen molar-refractivity contribution in [2.75, 3.05) is 6.26 Å². The zero-order chi connectivity index (χ0) is 9.14. The summed E-state index contributed by atoms with van der Waals surface area (Å²) in [7, 11) is 0. The number of rotatable bonds is 2. The first kappa shape index (κ1) is 10.2. The molecule has 0 spiro atoms. The highest BCUT2D eigenvalue weighted by Crippen LogP contribution is 2.35. The van der Waals surface area contributed by atoms with Crippen LogP contribution in [0, 0.1) is 0 Å². The largest absolute Gasteiger partial charge is 0.127 e. The minimum Gasteiger partial charge on any atom is -0.127 e. The number of aryl methyl sites for hydroxylation is 1. The summed E-state index contributed by atoms with van der Waals surface area (Å²) < 4.78 is 0. The second-order valence-corrected chi connectivity index (χ2v) is 4.01. The second kappa shape index (κ2) is 4.40. The monoisotopic (exact) mass is 220 g/mol. The lowest BCUT2D eigenvalue weighted by Crippen LogP contribution is -1.85. The first-order chi connectivity index (χ1) is 5.70. The molecule has 3 heteroatoms. The summed E-state index contributed by atoms with van der Waals surface area (Å²) in [6.45, 7) is 2.08. The van der Waals surface area contributed by atoms with E-state index in [1.807, 2.05) is 18.4 Å². The maximum Gasteiger partial charge on any atom is 0.0588 e. The molecule has 1 aromatic carbocycles. The molecular weight excluding hydrogens is 211 g/mol. The van der Waals surface area contributed by atoms with E-state index in [0.717, 1.165) is 26.9 Å². The van der Waals surface area contributed by atoms with Gasteiger partial charge in [0.1, 0.15) is 0 Å². The molecular formula is C9H10Cl2S. The van der Waals surface area contributed by atoms with Crippen LogP contribution in [0.5, 0.6) is 0 Å². The average Bonchev–Trinajstić information content (AvgIpc) is 2.06. The summed E-state index contributed by atoms with van der Waals surface area (Å²) in [5.74, 6) is 0. The molecule has 12 heavy (non-hydrogen) atoms. The van der Waals surface area contributed by atoms with Gasteiger partial charge in [-0.15, -0.1) is 11.8 Å². The van der Waals surface area contributed by atoms with E-state index in [0.29, 0.717) is 0 Å². The molecule has 66 valence electrons. The van der Waals surface area contributed by atoms with Crippen LogP contribution in [-0.2, 0) is 6.42 Å². The lowest BCUT2D eigenvalue weighted by Gasteiger charge is -2.07. The molecule has 1 rings (SSSR count). The molecule has 0 saturated carbocycles. The molecule has 0 aliphatic rings. The zero-order valence-corrected chi connectivity index (χ0v) is 9.35. The zero-order valence-electron chi connectivity index (χ0n) is 7.03. The summed E-state index contributed by atoms with van der Waals surface area (Å²) in [6.07, 6.45) is 2.93. The van der Waals surface area contributed by atoms with E-state index >= 15 is 0 Å². The van der Waals surface area contributed by atoms with Gasteiger partial charge in [-0.1, -0.05) is 36.2 Å². The first-order valence-electron chi connectivity index (χ1n) is 3.71. The predicted molar refractivity (Wildman–Crippen MR) is 57.6 cm³/mol. The minimum absolute atomic E-state index is 0.740. The summed E-state index contributed by atoms with van der Waals surface area (Å²) in [5, 5.41) is 1.54. The van der Waals surface area contributed by atoms with Crippen molar-refractivity contribution in [2.45, 2.75) is 18.2 Å². The van der Waals surface area contributed by atoms with Crippen LogP contribution in [0.15, 0.2) is 17.0 Å². The highest BCUT2D eigenvalue weighted by molar-refractivity contribution is 7.98. The number of hydrogen-bond acceptors (Lipinski definition) is 1. The maximum absolute atomic E-state index is 6.11. The Bertz CT molecular complexity index is 284. The molecule has 0 saturated heterocycles. The first-order valence-corrected chi connectivity index (χ1v) is 5.69. The Labute approximate surface area is 87.3 Å². The molecule has 0 aliphatic heterocycles. The molecule has 1 aromatic rings. The van der Waals surface area contributed by atoms with Crippen LogP contribution in [0.4, 0.5) is 0 Å². The van der Waals surface area contributed by atoms with Crippen LogP contribution in [0.2, 0.25) is 10.0 Å². The van der Waals surface area contributed by atoms with Crippen LogP contribution in [0.25, 0.3) is 0 Å². The fourth-order valence-corrected chi connectivity index (χ4v) is 2.57. The van der Waals surface area contributed by atoms with E-state index in [1.54, 1.807) is 11.8 Å². The van der Waals surface area contributed by atoms with E-state index < -0.39 is 0 Å². The lowest BCUT2D eigenvalue weighted by atomic mass is 10.2. The molecule has 0 amide bonds. The molecule has 0 N–H and O–H groups in total. The normalized spacial score (nSPS) is 10.3. The highest BCUT2D eigenvalue weighted by Gasteiger charge is 2.07. The van der Waals surface area contributed by atoms with Gasteiger partial charge in [0.15, 0.2) is 0 Å². The van der Waals surface area contributed by atoms with Crippen LogP contribution in [0.3, 0.4) is 0 Å². The maximum atomic E-state index is 6.11. The van der Waals surface area contributed by atoms with Gasteiger partial charge < -0.3 is 0 Å². The topological polar surface area (TPSA) is 0 Å². The quantitative estimate of drug-likeness (QED) is 0.671. The minimum atomic E-state index is 0.740.